The van der Waals surface area contributed by atoms with E-state index >= 15 is 0 Å². The first-order valence-electron chi connectivity index (χ1n) is 8.81. The highest BCUT2D eigenvalue weighted by molar-refractivity contribution is 5.84. The first-order valence-corrected chi connectivity index (χ1v) is 8.81. The number of fused-ring (bicyclic) bond motifs is 1. The van der Waals surface area contributed by atoms with Crippen LogP contribution in [-0.4, -0.2) is 41.7 Å². The van der Waals surface area contributed by atoms with Crippen molar-refractivity contribution in [2.45, 2.75) is 19.0 Å². The van der Waals surface area contributed by atoms with Crippen molar-refractivity contribution in [1.29, 1.82) is 0 Å². The second kappa shape index (κ2) is 7.07. The summed E-state index contributed by atoms with van der Waals surface area (Å²) in [6, 6.07) is 13.9. The van der Waals surface area contributed by atoms with Gasteiger partial charge in [-0.25, -0.2) is 4.98 Å². The molecule has 134 valence electrons. The molecule has 0 aliphatic carbocycles. The van der Waals surface area contributed by atoms with E-state index in [0.29, 0.717) is 6.54 Å². The van der Waals surface area contributed by atoms with E-state index in [9.17, 15) is 4.79 Å². The number of hydrogen-bond acceptors (Lipinski definition) is 4. The maximum atomic E-state index is 12.5. The van der Waals surface area contributed by atoms with Crippen LogP contribution in [0.1, 0.15) is 6.42 Å². The van der Waals surface area contributed by atoms with Crippen LogP contribution in [0, 0.1) is 0 Å². The number of ether oxygens (including phenoxy) is 1. The van der Waals surface area contributed by atoms with Gasteiger partial charge >= 0.3 is 0 Å². The van der Waals surface area contributed by atoms with Crippen LogP contribution in [0.15, 0.2) is 54.9 Å². The van der Waals surface area contributed by atoms with Gasteiger partial charge < -0.3 is 19.5 Å². The van der Waals surface area contributed by atoms with Crippen molar-refractivity contribution in [2.24, 2.45) is 0 Å². The Morgan fingerprint density at radius 2 is 2.23 bits per heavy atom. The van der Waals surface area contributed by atoms with Crippen molar-refractivity contribution in [3.8, 4) is 5.75 Å². The Balaban J connectivity index is 1.37. The van der Waals surface area contributed by atoms with E-state index in [1.165, 1.54) is 0 Å². The number of benzene rings is 1. The summed E-state index contributed by atoms with van der Waals surface area (Å²) in [5.41, 5.74) is 1.03. The lowest BCUT2D eigenvalue weighted by molar-refractivity contribution is -0.122. The third-order valence-electron chi connectivity index (χ3n) is 4.82. The molecule has 2 aromatic heterocycles. The van der Waals surface area contributed by atoms with E-state index in [4.69, 9.17) is 4.74 Å². The molecule has 3 heterocycles. The summed E-state index contributed by atoms with van der Waals surface area (Å²) >= 11 is 0. The first kappa shape index (κ1) is 16.4. The van der Waals surface area contributed by atoms with E-state index in [1.807, 2.05) is 53.2 Å². The van der Waals surface area contributed by atoms with Crippen molar-refractivity contribution >= 4 is 22.6 Å². The monoisotopic (exact) mass is 350 g/mol. The fraction of sp³-hybridized carbons (Fsp3) is 0.300. The summed E-state index contributed by atoms with van der Waals surface area (Å²) in [4.78, 5) is 19.1. The molecule has 0 saturated carbocycles. The first-order chi connectivity index (χ1) is 12.7. The SMILES string of the molecule is COc1ccc2c(ccn2CC(=O)NC2CCN(c3ccccn3)C2)c1. The molecule has 0 bridgehead atoms. The lowest BCUT2D eigenvalue weighted by Gasteiger charge is -2.18. The number of methoxy groups -OCH3 is 1. The second-order valence-electron chi connectivity index (χ2n) is 6.56. The topological polar surface area (TPSA) is 59.4 Å². The molecule has 1 atom stereocenters. The summed E-state index contributed by atoms with van der Waals surface area (Å²) in [7, 11) is 1.65. The Kier molecular flexibility index (Phi) is 4.48. The molecule has 6 heteroatoms. The Labute approximate surface area is 152 Å². The van der Waals surface area contributed by atoms with Gasteiger partial charge in [0.15, 0.2) is 0 Å². The number of rotatable bonds is 5. The van der Waals surface area contributed by atoms with E-state index in [0.717, 1.165) is 42.0 Å². The number of carbonyl (C=O) groups excluding carboxylic acids is 1. The molecule has 1 aromatic carbocycles. The number of anilines is 1. The third kappa shape index (κ3) is 3.35. The van der Waals surface area contributed by atoms with Gasteiger partial charge in [0.1, 0.15) is 18.1 Å². The minimum atomic E-state index is 0.0335. The molecule has 0 spiro atoms. The summed E-state index contributed by atoms with van der Waals surface area (Å²) in [6.07, 6.45) is 4.68. The maximum Gasteiger partial charge on any atom is 0.240 e. The number of nitrogens with one attached hydrogen (secondary N) is 1. The van der Waals surface area contributed by atoms with Gasteiger partial charge in [-0.05, 0) is 42.8 Å². The molecule has 1 fully saturated rings. The molecular weight excluding hydrogens is 328 g/mol. The predicted octanol–water partition coefficient (Wildman–Crippen LogP) is 2.44. The van der Waals surface area contributed by atoms with E-state index in [2.05, 4.69) is 15.2 Å². The minimum absolute atomic E-state index is 0.0335. The molecule has 1 saturated heterocycles. The molecule has 1 unspecified atom stereocenters. The molecule has 3 aromatic rings. The van der Waals surface area contributed by atoms with Crippen molar-refractivity contribution in [3.05, 3.63) is 54.9 Å². The van der Waals surface area contributed by atoms with Crippen LogP contribution in [0.2, 0.25) is 0 Å². The highest BCUT2D eigenvalue weighted by atomic mass is 16.5. The zero-order valence-electron chi connectivity index (χ0n) is 14.8. The highest BCUT2D eigenvalue weighted by Gasteiger charge is 2.24. The molecular formula is C20H22N4O2. The molecule has 4 rings (SSSR count). The predicted molar refractivity (Wildman–Crippen MR) is 101 cm³/mol. The zero-order valence-corrected chi connectivity index (χ0v) is 14.8. The Hall–Kier alpha value is -3.02. The molecule has 1 aliphatic heterocycles. The Bertz CT molecular complexity index is 907. The summed E-state index contributed by atoms with van der Waals surface area (Å²) in [6.45, 7) is 2.02. The molecule has 1 N–H and O–H groups in total. The number of nitrogens with zero attached hydrogens (tertiary/aromatic N) is 3. The van der Waals surface area contributed by atoms with Gasteiger partial charge in [0.2, 0.25) is 5.91 Å². The van der Waals surface area contributed by atoms with Crippen molar-refractivity contribution in [2.75, 3.05) is 25.1 Å². The quantitative estimate of drug-likeness (QED) is 0.768. The summed E-state index contributed by atoms with van der Waals surface area (Å²) < 4.78 is 7.22. The maximum absolute atomic E-state index is 12.5. The van der Waals surface area contributed by atoms with Crippen LogP contribution in [0.5, 0.6) is 5.75 Å². The molecule has 6 nitrogen and oxygen atoms in total. The van der Waals surface area contributed by atoms with Gasteiger partial charge in [-0.3, -0.25) is 4.79 Å². The normalized spacial score (nSPS) is 16.8. The van der Waals surface area contributed by atoms with Crippen LogP contribution in [0.3, 0.4) is 0 Å². The van der Waals surface area contributed by atoms with E-state index < -0.39 is 0 Å². The highest BCUT2D eigenvalue weighted by Crippen LogP contribution is 2.22. The van der Waals surface area contributed by atoms with Gasteiger partial charge in [0.05, 0.1) is 7.11 Å². The van der Waals surface area contributed by atoms with Crippen molar-refractivity contribution in [1.82, 2.24) is 14.9 Å². The van der Waals surface area contributed by atoms with Gasteiger partial charge in [0.25, 0.3) is 0 Å². The van der Waals surface area contributed by atoms with Crippen LogP contribution in [0.25, 0.3) is 10.9 Å². The summed E-state index contributed by atoms with van der Waals surface area (Å²) in [5.74, 6) is 1.82. The fourth-order valence-electron chi connectivity index (χ4n) is 3.50. The van der Waals surface area contributed by atoms with Crippen molar-refractivity contribution in [3.63, 3.8) is 0 Å². The Morgan fingerprint density at radius 3 is 3.04 bits per heavy atom. The number of pyridine rings is 1. The molecule has 26 heavy (non-hydrogen) atoms. The van der Waals surface area contributed by atoms with E-state index in [1.54, 1.807) is 13.3 Å². The standard InChI is InChI=1S/C20H22N4O2/c1-26-17-5-6-18-15(12-17)7-10-23(18)14-20(25)22-16-8-11-24(13-16)19-4-2-3-9-21-19/h2-7,9-10,12,16H,8,11,13-14H2,1H3,(H,22,25). The van der Waals surface area contributed by atoms with Gasteiger partial charge in [-0.1, -0.05) is 6.07 Å². The number of amides is 1. The van der Waals surface area contributed by atoms with Crippen molar-refractivity contribution < 1.29 is 9.53 Å². The third-order valence-corrected chi connectivity index (χ3v) is 4.82. The van der Waals surface area contributed by atoms with Gasteiger partial charge in [0, 0.05) is 42.4 Å². The number of aromatic nitrogens is 2. The van der Waals surface area contributed by atoms with Crippen LogP contribution in [0.4, 0.5) is 5.82 Å². The number of carbonyl (C=O) groups is 1. The summed E-state index contributed by atoms with van der Waals surface area (Å²) in [5, 5.41) is 4.22. The second-order valence-corrected chi connectivity index (χ2v) is 6.56. The van der Waals surface area contributed by atoms with Crippen LogP contribution in [-0.2, 0) is 11.3 Å². The van der Waals surface area contributed by atoms with Gasteiger partial charge in [-0.2, -0.15) is 0 Å². The Morgan fingerprint density at radius 1 is 1.31 bits per heavy atom. The minimum Gasteiger partial charge on any atom is -0.497 e. The van der Waals surface area contributed by atoms with Crippen LogP contribution >= 0.6 is 0 Å². The fourth-order valence-corrected chi connectivity index (χ4v) is 3.50. The van der Waals surface area contributed by atoms with Gasteiger partial charge in [-0.15, -0.1) is 0 Å². The lowest BCUT2D eigenvalue weighted by Crippen LogP contribution is -2.38. The smallest absolute Gasteiger partial charge is 0.240 e. The number of hydrogen-bond donors (Lipinski definition) is 1. The average molecular weight is 350 g/mol. The molecule has 1 aliphatic rings. The largest absolute Gasteiger partial charge is 0.497 e. The molecule has 0 radical (unpaired) electrons. The lowest BCUT2D eigenvalue weighted by atomic mass is 10.2. The van der Waals surface area contributed by atoms with Crippen LogP contribution < -0.4 is 15.0 Å². The molecule has 1 amide bonds. The van der Waals surface area contributed by atoms with E-state index in [-0.39, 0.29) is 11.9 Å². The zero-order chi connectivity index (χ0) is 17.9. The average Bonchev–Trinajstić information content (AvgIpc) is 3.29.